The van der Waals surface area contributed by atoms with Gasteiger partial charge in [-0.1, -0.05) is 125 Å². The summed E-state index contributed by atoms with van der Waals surface area (Å²) in [7, 11) is 0. The van der Waals surface area contributed by atoms with Crippen molar-refractivity contribution in [3.8, 4) is 12.1 Å². The minimum absolute atomic E-state index is 0.683. The smallest absolute Gasteiger partial charge is 0.0998 e. The van der Waals surface area contributed by atoms with Crippen LogP contribution in [0.15, 0.2) is 72.8 Å². The minimum atomic E-state index is 0.683. The molecular weight excluding hydrogens is 460 g/mol. The molecule has 0 saturated carbocycles. The largest absolute Gasteiger partial charge is 0.192 e. The second-order valence-electron chi connectivity index (χ2n) is 9.94. The van der Waals surface area contributed by atoms with Crippen molar-refractivity contribution in [1.29, 1.82) is 10.5 Å². The van der Waals surface area contributed by atoms with Crippen molar-refractivity contribution in [2.75, 3.05) is 0 Å². The van der Waals surface area contributed by atoms with Crippen molar-refractivity contribution in [1.82, 2.24) is 0 Å². The molecular formula is C36H40N2. The zero-order valence-corrected chi connectivity index (χ0v) is 23.0. The second-order valence-corrected chi connectivity index (χ2v) is 9.94. The molecule has 194 valence electrons. The van der Waals surface area contributed by atoms with Crippen LogP contribution in [-0.2, 0) is 12.8 Å². The average Bonchev–Trinajstić information content (AvgIpc) is 2.97. The lowest BCUT2D eigenvalue weighted by Gasteiger charge is -2.15. The van der Waals surface area contributed by atoms with Crippen molar-refractivity contribution in [3.63, 3.8) is 0 Å². The Morgan fingerprint density at radius 1 is 0.579 bits per heavy atom. The molecule has 3 rings (SSSR count). The van der Waals surface area contributed by atoms with Crippen LogP contribution in [0.3, 0.4) is 0 Å². The number of hydrogen-bond donors (Lipinski definition) is 0. The maximum absolute atomic E-state index is 10.0. The van der Waals surface area contributed by atoms with Gasteiger partial charge in [0.2, 0.25) is 0 Å². The summed E-state index contributed by atoms with van der Waals surface area (Å²) in [6, 6.07) is 29.3. The summed E-state index contributed by atoms with van der Waals surface area (Å²) >= 11 is 0. The zero-order valence-electron chi connectivity index (χ0n) is 23.0. The van der Waals surface area contributed by atoms with Gasteiger partial charge in [-0.15, -0.1) is 0 Å². The van der Waals surface area contributed by atoms with Crippen LogP contribution in [0.4, 0.5) is 0 Å². The first-order valence-electron chi connectivity index (χ1n) is 14.2. The van der Waals surface area contributed by atoms with Gasteiger partial charge in [0.25, 0.3) is 0 Å². The molecule has 0 heterocycles. The maximum atomic E-state index is 10.0. The quantitative estimate of drug-likeness (QED) is 0.126. The summed E-state index contributed by atoms with van der Waals surface area (Å²) in [6.07, 6.45) is 15.5. The second kappa shape index (κ2) is 16.1. The summed E-state index contributed by atoms with van der Waals surface area (Å²) in [4.78, 5) is 0. The number of hydrogen-bond acceptors (Lipinski definition) is 2. The van der Waals surface area contributed by atoms with E-state index in [9.17, 15) is 10.5 Å². The Bertz CT molecular complexity index is 1180. The predicted octanol–water partition coefficient (Wildman–Crippen LogP) is 10.1. The van der Waals surface area contributed by atoms with Gasteiger partial charge in [0, 0.05) is 0 Å². The summed E-state index contributed by atoms with van der Waals surface area (Å²) in [5.41, 5.74) is 8.00. The lowest BCUT2D eigenvalue weighted by Crippen LogP contribution is -1.99. The van der Waals surface area contributed by atoms with E-state index in [1.807, 2.05) is 60.7 Å². The van der Waals surface area contributed by atoms with E-state index in [2.05, 4.69) is 50.3 Å². The van der Waals surface area contributed by atoms with Gasteiger partial charge in [0.05, 0.1) is 23.3 Å². The van der Waals surface area contributed by atoms with Gasteiger partial charge in [-0.2, -0.15) is 10.5 Å². The van der Waals surface area contributed by atoms with Gasteiger partial charge in [-0.3, -0.25) is 0 Å². The van der Waals surface area contributed by atoms with E-state index in [0.717, 1.165) is 47.9 Å². The molecule has 0 amide bonds. The van der Waals surface area contributed by atoms with E-state index in [0.29, 0.717) is 11.1 Å². The van der Waals surface area contributed by atoms with Crippen LogP contribution in [0.2, 0.25) is 0 Å². The van der Waals surface area contributed by atoms with Crippen LogP contribution in [0.5, 0.6) is 0 Å². The lowest BCUT2D eigenvalue weighted by atomic mass is 9.89. The van der Waals surface area contributed by atoms with Crippen LogP contribution in [0.1, 0.15) is 98.6 Å². The van der Waals surface area contributed by atoms with Crippen molar-refractivity contribution in [3.05, 3.63) is 106 Å². The van der Waals surface area contributed by atoms with Crippen molar-refractivity contribution in [2.45, 2.75) is 78.1 Å². The average molecular weight is 501 g/mol. The molecule has 3 aromatic carbocycles. The molecule has 3 aromatic rings. The molecule has 2 heteroatoms. The highest BCUT2D eigenvalue weighted by Gasteiger charge is 2.12. The molecule has 0 unspecified atom stereocenters. The van der Waals surface area contributed by atoms with Gasteiger partial charge in [-0.05, 0) is 71.2 Å². The normalized spacial score (nSPS) is 11.7. The fraction of sp³-hybridized carbons (Fsp3) is 0.333. The highest BCUT2D eigenvalue weighted by atomic mass is 14.3. The van der Waals surface area contributed by atoms with Crippen molar-refractivity contribution < 1.29 is 0 Å². The lowest BCUT2D eigenvalue weighted by molar-refractivity contribution is 0.663. The number of unbranched alkanes of at least 4 members (excludes halogenated alkanes) is 6. The fourth-order valence-corrected chi connectivity index (χ4v) is 4.82. The summed E-state index contributed by atoms with van der Waals surface area (Å²) < 4.78 is 0. The predicted molar refractivity (Wildman–Crippen MR) is 162 cm³/mol. The summed E-state index contributed by atoms with van der Waals surface area (Å²) in [5.74, 6) is 0. The minimum Gasteiger partial charge on any atom is -0.192 e. The Labute approximate surface area is 230 Å². The maximum Gasteiger partial charge on any atom is 0.0998 e. The molecule has 0 aliphatic carbocycles. The van der Waals surface area contributed by atoms with Crippen molar-refractivity contribution >= 4 is 23.3 Å². The van der Waals surface area contributed by atoms with Gasteiger partial charge in [0.1, 0.15) is 0 Å². The molecule has 0 saturated heterocycles. The number of rotatable bonds is 14. The van der Waals surface area contributed by atoms with Gasteiger partial charge >= 0.3 is 0 Å². The van der Waals surface area contributed by atoms with Crippen LogP contribution in [0, 0.1) is 22.7 Å². The Kier molecular flexibility index (Phi) is 12.1. The van der Waals surface area contributed by atoms with E-state index in [4.69, 9.17) is 0 Å². The number of benzene rings is 3. The molecule has 0 spiro atoms. The van der Waals surface area contributed by atoms with Crippen LogP contribution in [0.25, 0.3) is 23.3 Å². The highest BCUT2D eigenvalue weighted by molar-refractivity contribution is 5.92. The van der Waals surface area contributed by atoms with Crippen LogP contribution in [-0.4, -0.2) is 0 Å². The molecule has 0 aliphatic heterocycles. The molecule has 0 radical (unpaired) electrons. The first-order valence-corrected chi connectivity index (χ1v) is 14.2. The van der Waals surface area contributed by atoms with Crippen molar-refractivity contribution in [2.24, 2.45) is 0 Å². The van der Waals surface area contributed by atoms with Crippen LogP contribution >= 0.6 is 0 Å². The topological polar surface area (TPSA) is 47.6 Å². The van der Waals surface area contributed by atoms with E-state index >= 15 is 0 Å². The number of allylic oxidation sites excluding steroid dienone is 2. The third kappa shape index (κ3) is 8.61. The number of nitrogens with zero attached hydrogens (tertiary/aromatic N) is 2. The third-order valence-corrected chi connectivity index (χ3v) is 7.01. The molecule has 0 aliphatic rings. The third-order valence-electron chi connectivity index (χ3n) is 7.01. The van der Waals surface area contributed by atoms with E-state index in [-0.39, 0.29) is 0 Å². The van der Waals surface area contributed by atoms with E-state index < -0.39 is 0 Å². The van der Waals surface area contributed by atoms with Gasteiger partial charge in [-0.25, -0.2) is 0 Å². The summed E-state index contributed by atoms with van der Waals surface area (Å²) in [5, 5.41) is 20.0. The highest BCUT2D eigenvalue weighted by Crippen LogP contribution is 2.29. The Morgan fingerprint density at radius 2 is 0.974 bits per heavy atom. The molecule has 0 N–H and O–H groups in total. The molecule has 0 atom stereocenters. The van der Waals surface area contributed by atoms with Crippen LogP contribution < -0.4 is 0 Å². The van der Waals surface area contributed by atoms with E-state index in [1.165, 1.54) is 49.7 Å². The summed E-state index contributed by atoms with van der Waals surface area (Å²) in [6.45, 7) is 4.47. The number of nitriles is 2. The van der Waals surface area contributed by atoms with Gasteiger partial charge in [0.15, 0.2) is 0 Å². The molecule has 0 fully saturated rings. The SMILES string of the molecule is CCCCCCc1cc(/C=C(/C#N)c2ccccc2)c(CCCCCC)cc1/C=C(/C#N)c1ccccc1. The molecule has 38 heavy (non-hydrogen) atoms. The number of aryl methyl sites for hydroxylation is 2. The monoisotopic (exact) mass is 500 g/mol. The van der Waals surface area contributed by atoms with Gasteiger partial charge < -0.3 is 0 Å². The first-order chi connectivity index (χ1) is 18.7. The molecule has 0 aromatic heterocycles. The zero-order chi connectivity index (χ0) is 27.0. The Balaban J connectivity index is 2.12. The molecule has 2 nitrogen and oxygen atoms in total. The Hall–Kier alpha value is -3.88. The first kappa shape index (κ1) is 28.7. The van der Waals surface area contributed by atoms with E-state index in [1.54, 1.807) is 0 Å². The molecule has 0 bridgehead atoms. The Morgan fingerprint density at radius 3 is 1.32 bits per heavy atom. The standard InChI is InChI=1S/C36H40N2/c1-3-5-7-11-21-31-23-34(26-36(28-38)30-19-15-10-16-20-30)32(22-12-8-6-4-2)24-33(31)25-35(27-37)29-17-13-9-14-18-29/h9-10,13-20,23-26H,3-8,11-12,21-22H2,1-2H3/b35-25-,36-26-. The fourth-order valence-electron chi connectivity index (χ4n) is 4.82.